The molecule has 0 N–H and O–H groups in total. The van der Waals surface area contributed by atoms with E-state index in [0.717, 1.165) is 21.0 Å². The van der Waals surface area contributed by atoms with Crippen molar-refractivity contribution in [3.8, 4) is 0 Å². The standard InChI is InChI=1S/C27H17BrClFN2O3/c28-16-8-4-15(5-9-16)25(33)24-23-22(20-11-7-14-6-10-17(29)12-21(14)32(20)24)26(34)31(27(23)35)19-3-1-2-18(30)13-19/h1-13,20,22-24H/t20-,22-,23-,24+/m1/s1. The average molecular weight is 552 g/mol. The fourth-order valence-corrected chi connectivity index (χ4v) is 5.92. The van der Waals surface area contributed by atoms with Crippen molar-refractivity contribution in [2.45, 2.75) is 12.1 Å². The van der Waals surface area contributed by atoms with Gasteiger partial charge in [-0.05, 0) is 48.0 Å². The van der Waals surface area contributed by atoms with Gasteiger partial charge in [-0.25, -0.2) is 9.29 Å². The number of hydrogen-bond acceptors (Lipinski definition) is 4. The number of amides is 2. The highest BCUT2D eigenvalue weighted by molar-refractivity contribution is 9.10. The Hall–Kier alpha value is -3.29. The molecule has 3 aliphatic heterocycles. The Labute approximate surface area is 213 Å². The lowest BCUT2D eigenvalue weighted by Gasteiger charge is -2.36. The predicted octanol–water partition coefficient (Wildman–Crippen LogP) is 5.51. The first-order valence-electron chi connectivity index (χ1n) is 11.0. The summed E-state index contributed by atoms with van der Waals surface area (Å²) in [6.07, 6.45) is 3.75. The Morgan fingerprint density at radius 3 is 2.43 bits per heavy atom. The summed E-state index contributed by atoms with van der Waals surface area (Å²) in [5, 5.41) is 0.490. The summed E-state index contributed by atoms with van der Waals surface area (Å²) in [7, 11) is 0. The van der Waals surface area contributed by atoms with Crippen LogP contribution in [0.3, 0.4) is 0 Å². The van der Waals surface area contributed by atoms with E-state index in [1.54, 1.807) is 36.4 Å². The molecule has 2 fully saturated rings. The van der Waals surface area contributed by atoms with Crippen LogP contribution in [0.4, 0.5) is 15.8 Å². The SMILES string of the molecule is O=C(c1ccc(Br)cc1)[C@@H]1[C@@H]2C(=O)N(c3cccc(F)c3)C(=O)[C@@H]2[C@H]2C=Cc3ccc(Cl)cc3N21. The number of rotatable bonds is 3. The summed E-state index contributed by atoms with van der Waals surface area (Å²) in [6.45, 7) is 0. The van der Waals surface area contributed by atoms with E-state index in [-0.39, 0.29) is 11.5 Å². The molecule has 2 amide bonds. The Balaban J connectivity index is 1.51. The number of ketones is 1. The molecule has 0 saturated carbocycles. The van der Waals surface area contributed by atoms with Gasteiger partial charge in [-0.3, -0.25) is 14.4 Å². The van der Waals surface area contributed by atoms with Gasteiger partial charge in [0.1, 0.15) is 11.9 Å². The Bertz CT molecular complexity index is 1440. The number of carbonyl (C=O) groups is 3. The van der Waals surface area contributed by atoms with Gasteiger partial charge < -0.3 is 4.90 Å². The summed E-state index contributed by atoms with van der Waals surface area (Å²) in [5.41, 5.74) is 2.15. The van der Waals surface area contributed by atoms with Crippen molar-refractivity contribution in [1.82, 2.24) is 0 Å². The minimum Gasteiger partial charge on any atom is -0.352 e. The maximum absolute atomic E-state index is 14.0. The number of nitrogens with zero attached hydrogens (tertiary/aromatic N) is 2. The fourth-order valence-electron chi connectivity index (χ4n) is 5.49. The highest BCUT2D eigenvalue weighted by Crippen LogP contribution is 2.50. The molecule has 174 valence electrons. The van der Waals surface area contributed by atoms with E-state index in [4.69, 9.17) is 11.6 Å². The molecule has 3 heterocycles. The Kier molecular flexibility index (Phi) is 5.16. The molecule has 5 nitrogen and oxygen atoms in total. The van der Waals surface area contributed by atoms with Crippen molar-refractivity contribution in [2.24, 2.45) is 11.8 Å². The molecule has 0 spiro atoms. The minimum atomic E-state index is -0.929. The summed E-state index contributed by atoms with van der Waals surface area (Å²) in [5.74, 6) is -3.49. The number of halogens is 3. The van der Waals surface area contributed by atoms with Gasteiger partial charge in [0, 0.05) is 20.7 Å². The van der Waals surface area contributed by atoms with E-state index in [1.807, 2.05) is 23.1 Å². The number of hydrogen-bond donors (Lipinski definition) is 0. The minimum absolute atomic E-state index is 0.166. The van der Waals surface area contributed by atoms with Crippen LogP contribution in [0.5, 0.6) is 0 Å². The maximum Gasteiger partial charge on any atom is 0.240 e. The lowest BCUT2D eigenvalue weighted by molar-refractivity contribution is -0.122. The normalized spacial score (nSPS) is 24.4. The van der Waals surface area contributed by atoms with E-state index >= 15 is 0 Å². The molecule has 3 aliphatic rings. The second kappa shape index (κ2) is 8.14. The van der Waals surface area contributed by atoms with Crippen molar-refractivity contribution in [2.75, 3.05) is 9.80 Å². The lowest BCUT2D eigenvalue weighted by atomic mass is 9.86. The number of carbonyl (C=O) groups excluding carboxylic acids is 3. The molecule has 0 radical (unpaired) electrons. The van der Waals surface area contributed by atoms with Crippen LogP contribution in [0.2, 0.25) is 5.02 Å². The van der Waals surface area contributed by atoms with Crippen LogP contribution in [0.25, 0.3) is 6.08 Å². The van der Waals surface area contributed by atoms with Crippen molar-refractivity contribution in [1.29, 1.82) is 0 Å². The second-order valence-electron chi connectivity index (χ2n) is 8.82. The first-order chi connectivity index (χ1) is 16.8. The third kappa shape index (κ3) is 3.37. The molecule has 35 heavy (non-hydrogen) atoms. The van der Waals surface area contributed by atoms with Gasteiger partial charge in [0.15, 0.2) is 5.78 Å². The quantitative estimate of drug-likeness (QED) is 0.318. The summed E-state index contributed by atoms with van der Waals surface area (Å²) in [6, 6.07) is 16.2. The molecule has 3 aromatic rings. The van der Waals surface area contributed by atoms with Crippen LogP contribution < -0.4 is 9.80 Å². The van der Waals surface area contributed by atoms with E-state index in [2.05, 4.69) is 15.9 Å². The Morgan fingerprint density at radius 1 is 0.943 bits per heavy atom. The van der Waals surface area contributed by atoms with E-state index in [1.165, 1.54) is 18.2 Å². The molecule has 6 rings (SSSR count). The van der Waals surface area contributed by atoms with Gasteiger partial charge in [0.2, 0.25) is 11.8 Å². The maximum atomic E-state index is 14.0. The topological polar surface area (TPSA) is 57.7 Å². The van der Waals surface area contributed by atoms with Gasteiger partial charge >= 0.3 is 0 Å². The highest BCUT2D eigenvalue weighted by atomic mass is 79.9. The van der Waals surface area contributed by atoms with Crippen molar-refractivity contribution in [3.63, 3.8) is 0 Å². The Morgan fingerprint density at radius 2 is 1.69 bits per heavy atom. The summed E-state index contributed by atoms with van der Waals surface area (Å²) < 4.78 is 14.8. The van der Waals surface area contributed by atoms with Crippen LogP contribution >= 0.6 is 27.5 Å². The fraction of sp³-hybridized carbons (Fsp3) is 0.148. The zero-order valence-electron chi connectivity index (χ0n) is 18.1. The van der Waals surface area contributed by atoms with Gasteiger partial charge in [0.05, 0.1) is 23.6 Å². The van der Waals surface area contributed by atoms with Crippen LogP contribution in [0.1, 0.15) is 15.9 Å². The van der Waals surface area contributed by atoms with Crippen LogP contribution in [0.15, 0.2) is 77.3 Å². The molecule has 2 saturated heterocycles. The van der Waals surface area contributed by atoms with E-state index in [0.29, 0.717) is 16.3 Å². The van der Waals surface area contributed by atoms with Crippen LogP contribution in [0, 0.1) is 17.7 Å². The highest BCUT2D eigenvalue weighted by Gasteiger charge is 2.64. The molecule has 3 aromatic carbocycles. The first-order valence-corrected chi connectivity index (χ1v) is 12.2. The smallest absolute Gasteiger partial charge is 0.240 e. The number of Topliss-reactive ketones (excluding diaryl/α,β-unsaturated/α-hetero) is 1. The summed E-state index contributed by atoms with van der Waals surface area (Å²) >= 11 is 9.69. The van der Waals surface area contributed by atoms with Crippen LogP contribution in [-0.4, -0.2) is 29.7 Å². The molecule has 8 heteroatoms. The molecule has 0 aliphatic carbocycles. The molecular formula is C27H17BrClFN2O3. The number of benzene rings is 3. The third-order valence-electron chi connectivity index (χ3n) is 6.93. The van der Waals surface area contributed by atoms with Gasteiger partial charge in [0.25, 0.3) is 0 Å². The second-order valence-corrected chi connectivity index (χ2v) is 10.2. The van der Waals surface area contributed by atoms with E-state index < -0.39 is 41.6 Å². The van der Waals surface area contributed by atoms with E-state index in [9.17, 15) is 18.8 Å². The van der Waals surface area contributed by atoms with Gasteiger partial charge in [-0.1, -0.05) is 63.9 Å². The molecule has 0 unspecified atom stereocenters. The predicted molar refractivity (Wildman–Crippen MR) is 135 cm³/mol. The molecular weight excluding hydrogens is 535 g/mol. The van der Waals surface area contributed by atoms with Crippen molar-refractivity contribution >= 4 is 62.6 Å². The monoisotopic (exact) mass is 550 g/mol. The molecule has 4 atom stereocenters. The lowest BCUT2D eigenvalue weighted by Crippen LogP contribution is -2.48. The zero-order chi connectivity index (χ0) is 24.4. The molecule has 0 bridgehead atoms. The van der Waals surface area contributed by atoms with Crippen molar-refractivity contribution in [3.05, 3.63) is 99.2 Å². The third-order valence-corrected chi connectivity index (χ3v) is 7.70. The van der Waals surface area contributed by atoms with Gasteiger partial charge in [-0.15, -0.1) is 0 Å². The number of imide groups is 1. The zero-order valence-corrected chi connectivity index (χ0v) is 20.4. The average Bonchev–Trinajstić information content (AvgIpc) is 3.32. The van der Waals surface area contributed by atoms with Crippen LogP contribution in [-0.2, 0) is 9.59 Å². The molecule has 0 aromatic heterocycles. The number of anilines is 2. The number of fused-ring (bicyclic) bond motifs is 5. The van der Waals surface area contributed by atoms with Crippen molar-refractivity contribution < 1.29 is 18.8 Å². The first kappa shape index (κ1) is 22.2. The largest absolute Gasteiger partial charge is 0.352 e. The summed E-state index contributed by atoms with van der Waals surface area (Å²) in [4.78, 5) is 44.3. The van der Waals surface area contributed by atoms with Gasteiger partial charge in [-0.2, -0.15) is 0 Å².